The monoisotopic (exact) mass is 177 g/mol. The molecule has 1 aromatic rings. The summed E-state index contributed by atoms with van der Waals surface area (Å²) >= 11 is 0. The van der Waals surface area contributed by atoms with Gasteiger partial charge in [-0.15, -0.1) is 0 Å². The molecular formula is C10H11NO2. The number of rotatable bonds is 1. The van der Waals surface area contributed by atoms with Crippen molar-refractivity contribution in [3.8, 4) is 5.75 Å². The summed E-state index contributed by atoms with van der Waals surface area (Å²) in [6.45, 7) is 0. The van der Waals surface area contributed by atoms with E-state index in [1.165, 1.54) is 7.11 Å². The van der Waals surface area contributed by atoms with Crippen LogP contribution in [0.15, 0.2) is 23.4 Å². The molecule has 2 rings (SSSR count). The molecule has 1 aliphatic rings. The maximum atomic E-state index is 9.52. The average molecular weight is 177 g/mol. The van der Waals surface area contributed by atoms with Gasteiger partial charge in [-0.05, 0) is 18.9 Å². The van der Waals surface area contributed by atoms with Gasteiger partial charge in [0.25, 0.3) is 0 Å². The number of aromatic hydroxyl groups is 1. The molecule has 3 heteroatoms. The summed E-state index contributed by atoms with van der Waals surface area (Å²) in [6.07, 6.45) is 1.70. The van der Waals surface area contributed by atoms with E-state index >= 15 is 0 Å². The minimum Gasteiger partial charge on any atom is -0.508 e. The molecule has 0 aliphatic heterocycles. The zero-order valence-electron chi connectivity index (χ0n) is 7.45. The van der Waals surface area contributed by atoms with E-state index in [9.17, 15) is 5.11 Å². The fourth-order valence-corrected chi connectivity index (χ4v) is 1.69. The molecule has 0 unspecified atom stereocenters. The van der Waals surface area contributed by atoms with Crippen LogP contribution in [0.4, 0.5) is 0 Å². The molecule has 0 aromatic heterocycles. The van der Waals surface area contributed by atoms with Crippen molar-refractivity contribution in [3.63, 3.8) is 0 Å². The molecule has 0 amide bonds. The maximum absolute atomic E-state index is 9.52. The molecule has 0 saturated heterocycles. The third-order valence-electron chi connectivity index (χ3n) is 2.28. The zero-order valence-corrected chi connectivity index (χ0v) is 7.45. The van der Waals surface area contributed by atoms with E-state index in [4.69, 9.17) is 4.84 Å². The van der Waals surface area contributed by atoms with Gasteiger partial charge < -0.3 is 9.94 Å². The lowest BCUT2D eigenvalue weighted by Gasteiger charge is -2.00. The summed E-state index contributed by atoms with van der Waals surface area (Å²) in [4.78, 5) is 4.73. The topological polar surface area (TPSA) is 41.8 Å². The van der Waals surface area contributed by atoms with Crippen LogP contribution in [0.1, 0.15) is 17.5 Å². The highest BCUT2D eigenvalue weighted by Gasteiger charge is 2.20. The summed E-state index contributed by atoms with van der Waals surface area (Å²) in [7, 11) is 1.54. The van der Waals surface area contributed by atoms with Gasteiger partial charge in [0.1, 0.15) is 12.9 Å². The van der Waals surface area contributed by atoms with Crippen LogP contribution in [0.3, 0.4) is 0 Å². The number of fused-ring (bicyclic) bond motifs is 1. The Morgan fingerprint density at radius 2 is 2.23 bits per heavy atom. The Kier molecular flexibility index (Phi) is 1.93. The highest BCUT2D eigenvalue weighted by atomic mass is 16.6. The molecule has 3 nitrogen and oxygen atoms in total. The molecule has 68 valence electrons. The second-order valence-corrected chi connectivity index (χ2v) is 3.02. The Morgan fingerprint density at radius 3 is 3.00 bits per heavy atom. The standard InChI is InChI=1S/C10H11NO2/c1-13-11-9-6-5-8-7(9)3-2-4-10(8)12/h2-4,12H,5-6H2,1H3. The first-order valence-electron chi connectivity index (χ1n) is 4.24. The van der Waals surface area contributed by atoms with Crippen molar-refractivity contribution < 1.29 is 9.94 Å². The predicted octanol–water partition coefficient (Wildman–Crippen LogP) is 1.69. The molecule has 0 heterocycles. The number of hydrogen-bond donors (Lipinski definition) is 1. The van der Waals surface area contributed by atoms with Crippen molar-refractivity contribution >= 4 is 5.71 Å². The molecule has 0 atom stereocenters. The van der Waals surface area contributed by atoms with Gasteiger partial charge in [0.05, 0.1) is 5.71 Å². The van der Waals surface area contributed by atoms with Crippen LogP contribution in [0.25, 0.3) is 0 Å². The van der Waals surface area contributed by atoms with E-state index in [2.05, 4.69) is 5.16 Å². The minimum absolute atomic E-state index is 0.360. The lowest BCUT2D eigenvalue weighted by molar-refractivity contribution is 0.213. The number of nitrogens with zero attached hydrogens (tertiary/aromatic N) is 1. The summed E-state index contributed by atoms with van der Waals surface area (Å²) in [5.74, 6) is 0.360. The first-order chi connectivity index (χ1) is 6.33. The third-order valence-corrected chi connectivity index (χ3v) is 2.28. The van der Waals surface area contributed by atoms with E-state index in [0.717, 1.165) is 29.7 Å². The molecule has 0 saturated carbocycles. The summed E-state index contributed by atoms with van der Waals surface area (Å²) in [5.41, 5.74) is 2.92. The first kappa shape index (κ1) is 8.10. The normalized spacial score (nSPS) is 17.5. The molecule has 1 aromatic carbocycles. The maximum Gasteiger partial charge on any atom is 0.119 e. The van der Waals surface area contributed by atoms with Crippen LogP contribution in [0.2, 0.25) is 0 Å². The number of phenolic OH excluding ortho intramolecular Hbond substituents is 1. The number of benzene rings is 1. The van der Waals surface area contributed by atoms with E-state index in [1.54, 1.807) is 6.07 Å². The van der Waals surface area contributed by atoms with Crippen LogP contribution in [0.5, 0.6) is 5.75 Å². The second kappa shape index (κ2) is 3.09. The van der Waals surface area contributed by atoms with Gasteiger partial charge in [0, 0.05) is 11.1 Å². The smallest absolute Gasteiger partial charge is 0.119 e. The quantitative estimate of drug-likeness (QED) is 0.663. The molecular weight excluding hydrogens is 166 g/mol. The Hall–Kier alpha value is -1.51. The number of oxime groups is 1. The van der Waals surface area contributed by atoms with Crippen molar-refractivity contribution in [2.45, 2.75) is 12.8 Å². The lowest BCUT2D eigenvalue weighted by Crippen LogP contribution is -1.94. The van der Waals surface area contributed by atoms with Crippen LogP contribution in [-0.4, -0.2) is 17.9 Å². The fraction of sp³-hybridized carbons (Fsp3) is 0.300. The number of hydrogen-bond acceptors (Lipinski definition) is 3. The van der Waals surface area contributed by atoms with E-state index < -0.39 is 0 Å². The molecule has 13 heavy (non-hydrogen) atoms. The molecule has 0 bridgehead atoms. The summed E-state index contributed by atoms with van der Waals surface area (Å²) in [5, 5.41) is 13.4. The van der Waals surface area contributed by atoms with E-state index in [0.29, 0.717) is 5.75 Å². The van der Waals surface area contributed by atoms with E-state index in [-0.39, 0.29) is 0 Å². The predicted molar refractivity (Wildman–Crippen MR) is 50.0 cm³/mol. The molecule has 1 N–H and O–H groups in total. The summed E-state index contributed by atoms with van der Waals surface area (Å²) in [6, 6.07) is 5.49. The van der Waals surface area contributed by atoms with Crippen LogP contribution in [0, 0.1) is 0 Å². The van der Waals surface area contributed by atoms with Gasteiger partial charge >= 0.3 is 0 Å². The van der Waals surface area contributed by atoms with Gasteiger partial charge in [0.15, 0.2) is 0 Å². The second-order valence-electron chi connectivity index (χ2n) is 3.02. The fourth-order valence-electron chi connectivity index (χ4n) is 1.69. The van der Waals surface area contributed by atoms with Crippen molar-refractivity contribution in [1.82, 2.24) is 0 Å². The van der Waals surface area contributed by atoms with Crippen molar-refractivity contribution in [3.05, 3.63) is 29.3 Å². The summed E-state index contributed by atoms with van der Waals surface area (Å²) < 4.78 is 0. The van der Waals surface area contributed by atoms with Gasteiger partial charge in [-0.3, -0.25) is 0 Å². The third kappa shape index (κ3) is 1.26. The number of phenols is 1. The molecule has 0 fully saturated rings. The highest BCUT2D eigenvalue weighted by molar-refractivity contribution is 6.04. The van der Waals surface area contributed by atoms with Crippen LogP contribution in [-0.2, 0) is 11.3 Å². The Morgan fingerprint density at radius 1 is 1.38 bits per heavy atom. The van der Waals surface area contributed by atoms with Gasteiger partial charge in [0.2, 0.25) is 0 Å². The SMILES string of the molecule is CON=C1CCc2c(O)cccc21. The van der Waals surface area contributed by atoms with Crippen LogP contribution < -0.4 is 0 Å². The lowest BCUT2D eigenvalue weighted by atomic mass is 10.1. The average Bonchev–Trinajstić information content (AvgIpc) is 2.51. The van der Waals surface area contributed by atoms with E-state index in [1.807, 2.05) is 12.1 Å². The molecule has 0 spiro atoms. The molecule has 0 radical (unpaired) electrons. The van der Waals surface area contributed by atoms with Crippen molar-refractivity contribution in [2.75, 3.05) is 7.11 Å². The largest absolute Gasteiger partial charge is 0.508 e. The van der Waals surface area contributed by atoms with Crippen molar-refractivity contribution in [2.24, 2.45) is 5.16 Å². The van der Waals surface area contributed by atoms with Crippen molar-refractivity contribution in [1.29, 1.82) is 0 Å². The minimum atomic E-state index is 0.360. The Balaban J connectivity index is 2.49. The van der Waals surface area contributed by atoms with Gasteiger partial charge in [-0.1, -0.05) is 17.3 Å². The highest BCUT2D eigenvalue weighted by Crippen LogP contribution is 2.29. The van der Waals surface area contributed by atoms with Crippen LogP contribution >= 0.6 is 0 Å². The zero-order chi connectivity index (χ0) is 9.26. The molecule has 1 aliphatic carbocycles. The van der Waals surface area contributed by atoms with Gasteiger partial charge in [-0.2, -0.15) is 0 Å². The van der Waals surface area contributed by atoms with Gasteiger partial charge in [-0.25, -0.2) is 0 Å². The Bertz CT molecular complexity index is 358. The Labute approximate surface area is 76.6 Å². The first-order valence-corrected chi connectivity index (χ1v) is 4.24.